The molecule has 23 N–H and O–H groups in total. The summed E-state index contributed by atoms with van der Waals surface area (Å²) in [6, 6.07) is 18.6. The summed E-state index contributed by atoms with van der Waals surface area (Å²) < 4.78 is 21.9. The first-order chi connectivity index (χ1) is 47.1. The van der Waals surface area contributed by atoms with Gasteiger partial charge in [0.25, 0.3) is 29.5 Å². The summed E-state index contributed by atoms with van der Waals surface area (Å²) in [4.78, 5) is 140. The summed E-state index contributed by atoms with van der Waals surface area (Å²) in [6.45, 7) is 0.556. The van der Waals surface area contributed by atoms with Gasteiger partial charge in [0.2, 0.25) is 29.5 Å². The molecule has 0 saturated carbocycles. The minimum absolute atomic E-state index is 0.00788. The molecule has 0 bridgehead atoms. The molecule has 0 aliphatic carbocycles. The second kappa shape index (κ2) is 38.8. The smallest absolute Gasteiger partial charge is 0.255 e. The van der Waals surface area contributed by atoms with Gasteiger partial charge in [-0.2, -0.15) is 0 Å². The molecule has 0 aliphatic heterocycles. The molecule has 0 fully saturated rings. The molecule has 98 heavy (non-hydrogen) atoms. The third-order valence-corrected chi connectivity index (χ3v) is 15.8. The molecule has 6 aromatic rings. The van der Waals surface area contributed by atoms with E-state index in [0.717, 1.165) is 16.5 Å². The highest BCUT2D eigenvalue weighted by molar-refractivity contribution is 6.08. The largest absolute Gasteiger partial charge is 0.496 e. The molecule has 30 nitrogen and oxygen atoms in total. The highest BCUT2D eigenvalue weighted by Crippen LogP contribution is 2.29. The summed E-state index contributed by atoms with van der Waals surface area (Å²) in [6.07, 6.45) is 6.21. The van der Waals surface area contributed by atoms with Gasteiger partial charge in [-0.05, 0) is 194 Å². The first-order valence-corrected chi connectivity index (χ1v) is 32.1. The number of carbonyl (C=O) groups is 10. The predicted octanol–water partition coefficient (Wildman–Crippen LogP) is 2.88. The molecule has 526 valence electrons. The van der Waals surface area contributed by atoms with E-state index in [1.54, 1.807) is 6.20 Å². The van der Waals surface area contributed by atoms with E-state index in [1.807, 2.05) is 24.3 Å². The molecule has 0 unspecified atom stereocenters. The van der Waals surface area contributed by atoms with Crippen LogP contribution in [0.25, 0.3) is 10.9 Å². The number of ether oxygens (including phenoxy) is 4. The summed E-state index contributed by atoms with van der Waals surface area (Å²) >= 11 is 0. The number of nitrogens with two attached hydrogens (primary N) is 7. The van der Waals surface area contributed by atoms with Crippen LogP contribution in [0.3, 0.4) is 0 Å². The van der Waals surface area contributed by atoms with Crippen molar-refractivity contribution in [2.24, 2.45) is 40.1 Å². The van der Waals surface area contributed by atoms with Gasteiger partial charge in [0.1, 0.15) is 47.2 Å². The molecule has 0 spiro atoms. The van der Waals surface area contributed by atoms with Gasteiger partial charge in [0, 0.05) is 39.8 Å². The molecule has 1 aromatic heterocycles. The van der Waals surface area contributed by atoms with Gasteiger partial charge in [-0.25, -0.2) is 0 Å². The van der Waals surface area contributed by atoms with Gasteiger partial charge in [0.05, 0.1) is 49.6 Å². The second-order valence-electron chi connectivity index (χ2n) is 23.0. The normalized spacial score (nSPS) is 12.5. The predicted molar refractivity (Wildman–Crippen MR) is 370 cm³/mol. The van der Waals surface area contributed by atoms with Crippen molar-refractivity contribution in [3.05, 3.63) is 131 Å². The molecule has 10 amide bonds. The van der Waals surface area contributed by atoms with Crippen LogP contribution in [-0.4, -0.2) is 148 Å². The number of fused-ring (bicyclic) bond motifs is 1. The fourth-order valence-electron chi connectivity index (χ4n) is 10.5. The van der Waals surface area contributed by atoms with Crippen LogP contribution < -0.4 is 102 Å². The van der Waals surface area contributed by atoms with Crippen LogP contribution in [0.15, 0.2) is 103 Å². The minimum Gasteiger partial charge on any atom is -0.496 e. The van der Waals surface area contributed by atoms with E-state index in [0.29, 0.717) is 64.5 Å². The maximum Gasteiger partial charge on any atom is 0.255 e. The number of aromatic amines is 1. The number of rotatable bonds is 41. The van der Waals surface area contributed by atoms with E-state index in [9.17, 15) is 47.9 Å². The standard InChI is InChI=1S/C68H90N16O14/c1-95-55-24-20-40(33-45(55)60(75)86)77-65(91)53(18-8-12-30-71)83-63(89)48-36-43(23-27-58(48)98-38-59(74)85)80-67(93)52(17-7-11-29-70)82-61(87)46-34-41(21-25-56(46)96-2)78-66(92)51(16-6-10-28-69)81-62(88)47-35-42(22-26-57(47)97-3)79-68(94)54(19-9-13-31-72)84-64(90)49(73)32-39-37-76-50-15-5-4-14-44(39)50/h4-5,14-15,20-27,33-37,49,51-54,76H,6-13,16-19,28-32,38,69-73H2,1-3H3,(H2,74,85)(H2,75,86)(H,77,91)(H,78,92)(H,79,94)(H,80,93)(H,81,88)(H,82,87)(H,83,89)(H,84,90)/t49-,51-,52-,53-,54-/m0/s1. The van der Waals surface area contributed by atoms with Crippen LogP contribution in [0.1, 0.15) is 124 Å². The third kappa shape index (κ3) is 22.5. The topological polar surface area (TPSA) is 502 Å². The zero-order valence-corrected chi connectivity index (χ0v) is 55.2. The Morgan fingerprint density at radius 1 is 0.429 bits per heavy atom. The van der Waals surface area contributed by atoms with E-state index in [1.165, 1.54) is 94.1 Å². The number of hydrogen-bond donors (Lipinski definition) is 16. The third-order valence-electron chi connectivity index (χ3n) is 15.8. The van der Waals surface area contributed by atoms with Crippen LogP contribution in [0.2, 0.25) is 0 Å². The molecule has 0 aliphatic rings. The lowest BCUT2D eigenvalue weighted by Gasteiger charge is -2.22. The molecule has 0 saturated heterocycles. The minimum atomic E-state index is -1.26. The monoisotopic (exact) mass is 1350 g/mol. The summed E-state index contributed by atoms with van der Waals surface area (Å²) in [5, 5.41) is 23.0. The van der Waals surface area contributed by atoms with Gasteiger partial charge >= 0.3 is 0 Å². The van der Waals surface area contributed by atoms with Crippen LogP contribution in [-0.2, 0) is 35.2 Å². The van der Waals surface area contributed by atoms with Crippen molar-refractivity contribution >= 4 is 92.7 Å². The van der Waals surface area contributed by atoms with Gasteiger partial charge in [-0.3, -0.25) is 47.9 Å². The zero-order chi connectivity index (χ0) is 71.3. The van der Waals surface area contributed by atoms with E-state index >= 15 is 0 Å². The fraction of sp³-hybridized carbons (Fsp3) is 0.382. The van der Waals surface area contributed by atoms with Crippen molar-refractivity contribution in [1.29, 1.82) is 0 Å². The first kappa shape index (κ1) is 76.4. The Morgan fingerprint density at radius 3 is 1.14 bits per heavy atom. The van der Waals surface area contributed by atoms with Crippen molar-refractivity contribution < 1.29 is 66.9 Å². The first-order valence-electron chi connectivity index (χ1n) is 32.1. The SMILES string of the molecule is COc1ccc(NC(=O)[C@H](CCCCN)NC(=O)c2cc(NC(=O)[C@H](CCCCN)NC(=O)c3cc(NC(=O)[C@H](CCCCN)NC(=O)c4cc(NC(=O)[C@H](CCCCN)NC(=O)[C@@H](N)Cc5c[nH]c6ccccc56)ccc4OC)ccc3OC)ccc2OCC(N)=O)cc1C(N)=O. The Labute approximate surface area is 567 Å². The number of carbonyl (C=O) groups excluding carboxylic acids is 10. The zero-order valence-electron chi connectivity index (χ0n) is 55.2. The van der Waals surface area contributed by atoms with E-state index in [4.69, 9.17) is 59.1 Å². The molecule has 1 heterocycles. The molecule has 0 radical (unpaired) electrons. The number of benzene rings is 5. The summed E-state index contributed by atoms with van der Waals surface area (Å²) in [5.41, 5.74) is 42.3. The molecule has 30 heteroatoms. The van der Waals surface area contributed by atoms with E-state index in [2.05, 4.69) is 47.5 Å². The van der Waals surface area contributed by atoms with Crippen molar-refractivity contribution in [2.45, 2.75) is 114 Å². The maximum absolute atomic E-state index is 14.4. The van der Waals surface area contributed by atoms with E-state index < -0.39 is 95.9 Å². The number of primary amides is 2. The number of methoxy groups -OCH3 is 3. The van der Waals surface area contributed by atoms with Crippen molar-refractivity contribution in [2.75, 3.05) is 75.4 Å². The number of hydrogen-bond acceptors (Lipinski definition) is 19. The average Bonchev–Trinajstić information content (AvgIpc) is 1.32. The quantitative estimate of drug-likeness (QED) is 0.0245. The number of unbranched alkanes of at least 4 members (excludes halogenated alkanes) is 4. The number of H-pyrrole nitrogens is 1. The lowest BCUT2D eigenvalue weighted by Crippen LogP contribution is -2.50. The lowest BCUT2D eigenvalue weighted by atomic mass is 10.0. The Hall–Kier alpha value is -10.7. The Morgan fingerprint density at radius 2 is 0.776 bits per heavy atom. The van der Waals surface area contributed by atoms with Gasteiger partial charge in [-0.1, -0.05) is 18.2 Å². The van der Waals surface area contributed by atoms with Crippen molar-refractivity contribution in [3.8, 4) is 23.0 Å². The van der Waals surface area contributed by atoms with Crippen LogP contribution in [0.4, 0.5) is 22.7 Å². The maximum atomic E-state index is 14.4. The number of amides is 10. The molecule has 6 rings (SSSR count). The number of anilines is 4. The summed E-state index contributed by atoms with van der Waals surface area (Å²) in [5.74, 6) is -7.15. The Balaban J connectivity index is 1.18. The fourth-order valence-corrected chi connectivity index (χ4v) is 10.5. The summed E-state index contributed by atoms with van der Waals surface area (Å²) in [7, 11) is 4.01. The van der Waals surface area contributed by atoms with Gasteiger partial charge in [-0.15, -0.1) is 0 Å². The number of aromatic nitrogens is 1. The highest BCUT2D eigenvalue weighted by Gasteiger charge is 2.30. The van der Waals surface area contributed by atoms with Gasteiger partial charge in [0.15, 0.2) is 6.61 Å². The number of para-hydroxylation sites is 1. The molecule has 5 aromatic carbocycles. The Kier molecular flexibility index (Phi) is 30.2. The molecule has 5 atom stereocenters. The van der Waals surface area contributed by atoms with Crippen LogP contribution >= 0.6 is 0 Å². The average molecular weight is 1360 g/mol. The molecular weight excluding hydrogens is 1260 g/mol. The lowest BCUT2D eigenvalue weighted by molar-refractivity contribution is -0.127. The Bertz CT molecular complexity index is 3770. The highest BCUT2D eigenvalue weighted by atomic mass is 16.5. The van der Waals surface area contributed by atoms with Crippen LogP contribution in [0, 0.1) is 0 Å². The van der Waals surface area contributed by atoms with Crippen molar-refractivity contribution in [1.82, 2.24) is 26.3 Å². The van der Waals surface area contributed by atoms with Crippen LogP contribution in [0.5, 0.6) is 23.0 Å². The number of nitrogens with one attached hydrogen (secondary N) is 9. The van der Waals surface area contributed by atoms with E-state index in [-0.39, 0.29) is 113 Å². The molecular formula is C68H90N16O14. The second-order valence-corrected chi connectivity index (χ2v) is 23.0. The van der Waals surface area contributed by atoms with Gasteiger partial charge < -0.3 is 107 Å². The van der Waals surface area contributed by atoms with Crippen molar-refractivity contribution in [3.63, 3.8) is 0 Å².